The zero-order valence-corrected chi connectivity index (χ0v) is 12.1. The van der Waals surface area contributed by atoms with Gasteiger partial charge in [-0.25, -0.2) is 4.98 Å². The highest BCUT2D eigenvalue weighted by Gasteiger charge is 2.07. The van der Waals surface area contributed by atoms with Crippen LogP contribution in [0.25, 0.3) is 0 Å². The van der Waals surface area contributed by atoms with Crippen molar-refractivity contribution in [2.75, 3.05) is 7.05 Å². The lowest BCUT2D eigenvalue weighted by Crippen LogP contribution is -2.06. The van der Waals surface area contributed by atoms with Crippen molar-refractivity contribution in [1.29, 1.82) is 0 Å². The molecule has 4 heteroatoms. The second kappa shape index (κ2) is 6.04. The molecule has 0 fully saturated rings. The van der Waals surface area contributed by atoms with Gasteiger partial charge in [-0.1, -0.05) is 11.6 Å². The molecule has 19 heavy (non-hydrogen) atoms. The third-order valence-electron chi connectivity index (χ3n) is 2.81. The lowest BCUT2D eigenvalue weighted by atomic mass is 10.2. The molecule has 3 nitrogen and oxygen atoms in total. The zero-order chi connectivity index (χ0) is 13.8. The van der Waals surface area contributed by atoms with Crippen LogP contribution in [0.5, 0.6) is 11.6 Å². The summed E-state index contributed by atoms with van der Waals surface area (Å²) in [7, 11) is 1.91. The molecule has 0 saturated carbocycles. The summed E-state index contributed by atoms with van der Waals surface area (Å²) in [4.78, 5) is 4.36. The summed E-state index contributed by atoms with van der Waals surface area (Å²) in [5, 5.41) is 3.81. The number of rotatable bonds is 4. The van der Waals surface area contributed by atoms with Gasteiger partial charge in [0.15, 0.2) is 0 Å². The Hall–Kier alpha value is -1.58. The van der Waals surface area contributed by atoms with Crippen LogP contribution in [-0.4, -0.2) is 12.0 Å². The van der Waals surface area contributed by atoms with Gasteiger partial charge in [0.25, 0.3) is 0 Å². The van der Waals surface area contributed by atoms with Gasteiger partial charge in [0.2, 0.25) is 5.88 Å². The van der Waals surface area contributed by atoms with E-state index < -0.39 is 0 Å². The smallest absolute Gasteiger partial charge is 0.222 e. The minimum absolute atomic E-state index is 0.630. The molecule has 0 unspecified atom stereocenters. The number of ether oxygens (including phenoxy) is 1. The molecule has 0 radical (unpaired) electrons. The molecule has 1 aromatic heterocycles. The van der Waals surface area contributed by atoms with E-state index in [1.165, 1.54) is 0 Å². The third-order valence-corrected chi connectivity index (χ3v) is 3.05. The summed E-state index contributed by atoms with van der Waals surface area (Å²) in [6.45, 7) is 4.76. The van der Waals surface area contributed by atoms with Crippen LogP contribution in [0, 0.1) is 13.8 Å². The van der Waals surface area contributed by atoms with Crippen LogP contribution in [-0.2, 0) is 6.54 Å². The van der Waals surface area contributed by atoms with E-state index in [1.807, 2.05) is 45.3 Å². The number of nitrogens with zero attached hydrogens (tertiary/aromatic N) is 1. The first-order valence-electron chi connectivity index (χ1n) is 6.14. The van der Waals surface area contributed by atoms with Crippen LogP contribution in [0.2, 0.25) is 5.02 Å². The molecule has 0 saturated heterocycles. The maximum absolute atomic E-state index is 5.93. The van der Waals surface area contributed by atoms with Gasteiger partial charge in [-0.2, -0.15) is 0 Å². The van der Waals surface area contributed by atoms with Gasteiger partial charge in [-0.15, -0.1) is 0 Å². The van der Waals surface area contributed by atoms with Crippen molar-refractivity contribution in [1.82, 2.24) is 10.3 Å². The second-order valence-electron chi connectivity index (χ2n) is 4.51. The van der Waals surface area contributed by atoms with Crippen molar-refractivity contribution in [3.63, 3.8) is 0 Å². The fourth-order valence-electron chi connectivity index (χ4n) is 1.86. The maximum Gasteiger partial charge on any atom is 0.222 e. The van der Waals surface area contributed by atoms with Crippen molar-refractivity contribution in [2.45, 2.75) is 20.4 Å². The molecule has 0 aliphatic carbocycles. The van der Waals surface area contributed by atoms with Crippen LogP contribution < -0.4 is 10.1 Å². The highest BCUT2D eigenvalue weighted by atomic mass is 35.5. The molecule has 1 aromatic carbocycles. The summed E-state index contributed by atoms with van der Waals surface area (Å²) in [6.07, 6.45) is 1.82. The van der Waals surface area contributed by atoms with E-state index in [0.29, 0.717) is 10.9 Å². The van der Waals surface area contributed by atoms with Crippen LogP contribution in [0.4, 0.5) is 0 Å². The standard InChI is InChI=1S/C15H17ClN2O/c1-10-7-13(16)4-5-14(10)19-15-11(2)6-12(8-17-3)9-18-15/h4-7,9,17H,8H2,1-3H3. The molecule has 0 aliphatic heterocycles. The maximum atomic E-state index is 5.93. The van der Waals surface area contributed by atoms with Gasteiger partial charge in [-0.3, -0.25) is 0 Å². The normalized spacial score (nSPS) is 10.5. The molecule has 0 amide bonds. The highest BCUT2D eigenvalue weighted by molar-refractivity contribution is 6.30. The molecule has 0 atom stereocenters. The Morgan fingerprint density at radius 1 is 1.21 bits per heavy atom. The summed E-state index contributed by atoms with van der Waals surface area (Å²) >= 11 is 5.93. The van der Waals surface area contributed by atoms with Crippen molar-refractivity contribution in [2.24, 2.45) is 0 Å². The minimum atomic E-state index is 0.630. The number of aromatic nitrogens is 1. The Balaban J connectivity index is 2.23. The van der Waals surface area contributed by atoms with Gasteiger partial charge >= 0.3 is 0 Å². The molecule has 0 bridgehead atoms. The molecule has 100 valence electrons. The van der Waals surface area contributed by atoms with Gasteiger partial charge in [-0.05, 0) is 56.3 Å². The summed E-state index contributed by atoms with van der Waals surface area (Å²) in [6, 6.07) is 7.63. The van der Waals surface area contributed by atoms with Crippen LogP contribution in [0.3, 0.4) is 0 Å². The number of hydrogen-bond acceptors (Lipinski definition) is 3. The van der Waals surface area contributed by atoms with Crippen molar-refractivity contribution in [3.8, 4) is 11.6 Å². The highest BCUT2D eigenvalue weighted by Crippen LogP contribution is 2.28. The van der Waals surface area contributed by atoms with Crippen LogP contribution >= 0.6 is 11.6 Å². The molecule has 0 spiro atoms. The summed E-state index contributed by atoms with van der Waals surface area (Å²) < 4.78 is 5.84. The number of hydrogen-bond donors (Lipinski definition) is 1. The largest absolute Gasteiger partial charge is 0.438 e. The van der Waals surface area contributed by atoms with Gasteiger partial charge in [0, 0.05) is 23.3 Å². The van der Waals surface area contributed by atoms with Crippen LogP contribution in [0.15, 0.2) is 30.5 Å². The Kier molecular flexibility index (Phi) is 4.40. The number of benzene rings is 1. The monoisotopic (exact) mass is 276 g/mol. The van der Waals surface area contributed by atoms with E-state index in [1.54, 1.807) is 0 Å². The van der Waals surface area contributed by atoms with Crippen molar-refractivity contribution in [3.05, 3.63) is 52.2 Å². The number of nitrogens with one attached hydrogen (secondary N) is 1. The molecular weight excluding hydrogens is 260 g/mol. The first-order valence-corrected chi connectivity index (χ1v) is 6.52. The Labute approximate surface area is 118 Å². The van der Waals surface area contributed by atoms with Crippen LogP contribution in [0.1, 0.15) is 16.7 Å². The van der Waals surface area contributed by atoms with E-state index in [-0.39, 0.29) is 0 Å². The van der Waals surface area contributed by atoms with Gasteiger partial charge < -0.3 is 10.1 Å². The van der Waals surface area contributed by atoms with Gasteiger partial charge in [0.1, 0.15) is 5.75 Å². The van der Waals surface area contributed by atoms with E-state index >= 15 is 0 Å². The predicted molar refractivity (Wildman–Crippen MR) is 78.0 cm³/mol. The third kappa shape index (κ3) is 3.46. The van der Waals surface area contributed by atoms with E-state index in [9.17, 15) is 0 Å². The van der Waals surface area contributed by atoms with Crippen molar-refractivity contribution < 1.29 is 4.74 Å². The molecule has 2 aromatic rings. The Bertz CT molecular complexity index is 584. The summed E-state index contributed by atoms with van der Waals surface area (Å²) in [5.74, 6) is 1.41. The first-order chi connectivity index (χ1) is 9.10. The zero-order valence-electron chi connectivity index (χ0n) is 11.3. The van der Waals surface area contributed by atoms with E-state index in [2.05, 4.69) is 16.4 Å². The average molecular weight is 277 g/mol. The quantitative estimate of drug-likeness (QED) is 0.921. The Morgan fingerprint density at radius 3 is 2.63 bits per heavy atom. The lowest BCUT2D eigenvalue weighted by Gasteiger charge is -2.11. The fraction of sp³-hybridized carbons (Fsp3) is 0.267. The lowest BCUT2D eigenvalue weighted by molar-refractivity contribution is 0.455. The van der Waals surface area contributed by atoms with Crippen molar-refractivity contribution >= 4 is 11.6 Å². The van der Waals surface area contributed by atoms with E-state index in [0.717, 1.165) is 29.0 Å². The molecular formula is C15H17ClN2O. The Morgan fingerprint density at radius 2 is 2.00 bits per heavy atom. The van der Waals surface area contributed by atoms with E-state index in [4.69, 9.17) is 16.3 Å². The number of halogens is 1. The summed E-state index contributed by atoms with van der Waals surface area (Å²) in [5.41, 5.74) is 3.15. The molecule has 0 aliphatic rings. The fourth-order valence-corrected chi connectivity index (χ4v) is 2.09. The SMILES string of the molecule is CNCc1cnc(Oc2ccc(Cl)cc2C)c(C)c1. The first kappa shape index (κ1) is 13.8. The molecule has 1 heterocycles. The number of aryl methyl sites for hydroxylation is 2. The second-order valence-corrected chi connectivity index (χ2v) is 4.94. The van der Waals surface area contributed by atoms with Gasteiger partial charge in [0.05, 0.1) is 0 Å². The predicted octanol–water partition coefficient (Wildman–Crippen LogP) is 3.86. The minimum Gasteiger partial charge on any atom is -0.438 e. The molecule has 1 N–H and O–H groups in total. The average Bonchev–Trinajstić information content (AvgIpc) is 2.36. The topological polar surface area (TPSA) is 34.2 Å². The molecule has 2 rings (SSSR count). The number of pyridine rings is 1.